The minimum Gasteiger partial charge on any atom is -0.470 e. The number of carbonyl (C=O) groups is 1. The Kier molecular flexibility index (Phi) is 1.98. The average molecular weight is 193 g/mol. The summed E-state index contributed by atoms with van der Waals surface area (Å²) in [5.74, 6) is 0. The SMILES string of the molecule is O=C(O)N(c1ccoc1)c1ccoc1. The van der Waals surface area contributed by atoms with Crippen LogP contribution in [0.4, 0.5) is 16.2 Å². The number of carboxylic acid groups (broad SMARTS) is 1. The van der Waals surface area contributed by atoms with Crippen molar-refractivity contribution >= 4 is 17.5 Å². The van der Waals surface area contributed by atoms with Gasteiger partial charge in [0.1, 0.15) is 12.5 Å². The molecule has 0 atom stereocenters. The highest BCUT2D eigenvalue weighted by Gasteiger charge is 2.18. The largest absolute Gasteiger partial charge is 0.470 e. The first-order valence-corrected chi connectivity index (χ1v) is 3.86. The third-order valence-electron chi connectivity index (χ3n) is 1.72. The molecule has 0 radical (unpaired) electrons. The molecule has 2 heterocycles. The Hall–Kier alpha value is -2.17. The van der Waals surface area contributed by atoms with E-state index in [1.165, 1.54) is 25.1 Å². The topological polar surface area (TPSA) is 66.8 Å². The minimum atomic E-state index is -1.09. The van der Waals surface area contributed by atoms with Crippen molar-refractivity contribution < 1.29 is 18.7 Å². The molecule has 1 amide bonds. The highest BCUT2D eigenvalue weighted by atomic mass is 16.4. The fourth-order valence-corrected chi connectivity index (χ4v) is 1.14. The van der Waals surface area contributed by atoms with Gasteiger partial charge in [-0.05, 0) is 0 Å². The van der Waals surface area contributed by atoms with Gasteiger partial charge in [0, 0.05) is 12.1 Å². The van der Waals surface area contributed by atoms with Crippen LogP contribution in [0.2, 0.25) is 0 Å². The highest BCUT2D eigenvalue weighted by Crippen LogP contribution is 2.25. The second kappa shape index (κ2) is 3.29. The van der Waals surface area contributed by atoms with E-state index in [4.69, 9.17) is 13.9 Å². The van der Waals surface area contributed by atoms with Crippen molar-refractivity contribution in [1.29, 1.82) is 0 Å². The van der Waals surface area contributed by atoms with Crippen molar-refractivity contribution in [3.05, 3.63) is 37.2 Å². The van der Waals surface area contributed by atoms with E-state index in [9.17, 15) is 4.79 Å². The van der Waals surface area contributed by atoms with Crippen LogP contribution < -0.4 is 4.90 Å². The fourth-order valence-electron chi connectivity index (χ4n) is 1.14. The molecule has 0 aromatic carbocycles. The van der Waals surface area contributed by atoms with E-state index in [1.54, 1.807) is 12.1 Å². The summed E-state index contributed by atoms with van der Waals surface area (Å²) in [5.41, 5.74) is 0.887. The lowest BCUT2D eigenvalue weighted by atomic mass is 10.4. The summed E-state index contributed by atoms with van der Waals surface area (Å²) < 4.78 is 9.62. The zero-order chi connectivity index (χ0) is 9.97. The van der Waals surface area contributed by atoms with Gasteiger partial charge in [-0.1, -0.05) is 0 Å². The third-order valence-corrected chi connectivity index (χ3v) is 1.72. The smallest absolute Gasteiger partial charge is 0.416 e. The van der Waals surface area contributed by atoms with Gasteiger partial charge in [0.05, 0.1) is 23.9 Å². The lowest BCUT2D eigenvalue weighted by Crippen LogP contribution is -2.22. The van der Waals surface area contributed by atoms with E-state index in [-0.39, 0.29) is 0 Å². The zero-order valence-electron chi connectivity index (χ0n) is 7.08. The van der Waals surface area contributed by atoms with E-state index in [0.717, 1.165) is 4.90 Å². The Morgan fingerprint density at radius 1 is 1.14 bits per heavy atom. The van der Waals surface area contributed by atoms with Crippen LogP contribution in [0.25, 0.3) is 0 Å². The fraction of sp³-hybridized carbons (Fsp3) is 0. The standard InChI is InChI=1S/C9H7NO4/c11-9(12)10(7-1-3-13-5-7)8-2-4-14-6-8/h1-6H,(H,11,12). The van der Waals surface area contributed by atoms with Gasteiger partial charge in [-0.25, -0.2) is 9.69 Å². The molecule has 1 N–H and O–H groups in total. The van der Waals surface area contributed by atoms with Gasteiger partial charge in [-0.15, -0.1) is 0 Å². The number of nitrogens with zero attached hydrogens (tertiary/aromatic N) is 1. The van der Waals surface area contributed by atoms with E-state index in [1.807, 2.05) is 0 Å². The molecule has 2 rings (SSSR count). The van der Waals surface area contributed by atoms with Crippen molar-refractivity contribution in [3.63, 3.8) is 0 Å². The summed E-state index contributed by atoms with van der Waals surface area (Å²) in [4.78, 5) is 12.0. The van der Waals surface area contributed by atoms with E-state index in [2.05, 4.69) is 0 Å². The maximum absolute atomic E-state index is 10.9. The van der Waals surface area contributed by atoms with Gasteiger partial charge < -0.3 is 13.9 Å². The molecular formula is C9H7NO4. The van der Waals surface area contributed by atoms with Gasteiger partial charge >= 0.3 is 6.09 Å². The Morgan fingerprint density at radius 2 is 1.64 bits per heavy atom. The Bertz CT molecular complexity index is 370. The second-order valence-corrected chi connectivity index (χ2v) is 2.58. The average Bonchev–Trinajstić information content (AvgIpc) is 2.75. The lowest BCUT2D eigenvalue weighted by molar-refractivity contribution is 0.204. The molecule has 72 valence electrons. The van der Waals surface area contributed by atoms with Crippen molar-refractivity contribution in [2.45, 2.75) is 0 Å². The van der Waals surface area contributed by atoms with Crippen molar-refractivity contribution in [2.24, 2.45) is 0 Å². The number of hydrogen-bond donors (Lipinski definition) is 1. The van der Waals surface area contributed by atoms with Crippen LogP contribution in [-0.4, -0.2) is 11.2 Å². The van der Waals surface area contributed by atoms with Crippen LogP contribution in [0.1, 0.15) is 0 Å². The van der Waals surface area contributed by atoms with Crippen LogP contribution in [-0.2, 0) is 0 Å². The first kappa shape index (κ1) is 8.43. The Morgan fingerprint density at radius 3 is 1.93 bits per heavy atom. The summed E-state index contributed by atoms with van der Waals surface area (Å²) in [6.07, 6.45) is 4.42. The molecule has 14 heavy (non-hydrogen) atoms. The van der Waals surface area contributed by atoms with Gasteiger partial charge in [-0.3, -0.25) is 0 Å². The molecule has 0 aliphatic rings. The zero-order valence-corrected chi connectivity index (χ0v) is 7.08. The number of rotatable bonds is 2. The Labute approximate surface area is 79.2 Å². The second-order valence-electron chi connectivity index (χ2n) is 2.58. The maximum atomic E-state index is 10.9. The molecule has 2 aromatic heterocycles. The van der Waals surface area contributed by atoms with Gasteiger partial charge in [-0.2, -0.15) is 0 Å². The van der Waals surface area contributed by atoms with Gasteiger partial charge in [0.2, 0.25) is 0 Å². The highest BCUT2D eigenvalue weighted by molar-refractivity contribution is 5.94. The van der Waals surface area contributed by atoms with E-state index >= 15 is 0 Å². The summed E-state index contributed by atoms with van der Waals surface area (Å²) >= 11 is 0. The molecule has 2 aromatic rings. The normalized spacial score (nSPS) is 10.0. The summed E-state index contributed by atoms with van der Waals surface area (Å²) in [6.45, 7) is 0. The molecule has 0 saturated carbocycles. The lowest BCUT2D eigenvalue weighted by Gasteiger charge is -2.13. The van der Waals surface area contributed by atoms with Crippen LogP contribution >= 0.6 is 0 Å². The van der Waals surface area contributed by atoms with Crippen LogP contribution in [0.15, 0.2) is 46.0 Å². The molecular weight excluding hydrogens is 186 g/mol. The monoisotopic (exact) mass is 193 g/mol. The first-order chi connectivity index (χ1) is 6.79. The third kappa shape index (κ3) is 1.35. The summed E-state index contributed by atoms with van der Waals surface area (Å²) in [6, 6.07) is 3.11. The minimum absolute atomic E-state index is 0.443. The molecule has 0 saturated heterocycles. The molecule has 0 unspecified atom stereocenters. The number of furan rings is 2. The number of amides is 1. The molecule has 5 heteroatoms. The predicted octanol–water partition coefficient (Wildman–Crippen LogP) is 2.69. The maximum Gasteiger partial charge on any atom is 0.416 e. The number of anilines is 2. The van der Waals surface area contributed by atoms with Gasteiger partial charge in [0.25, 0.3) is 0 Å². The quantitative estimate of drug-likeness (QED) is 0.796. The molecule has 0 spiro atoms. The molecule has 0 aliphatic carbocycles. The van der Waals surface area contributed by atoms with Gasteiger partial charge in [0.15, 0.2) is 0 Å². The van der Waals surface area contributed by atoms with Crippen molar-refractivity contribution in [1.82, 2.24) is 0 Å². The molecule has 0 fully saturated rings. The van der Waals surface area contributed by atoms with E-state index in [0.29, 0.717) is 11.4 Å². The molecule has 0 aliphatic heterocycles. The molecule has 5 nitrogen and oxygen atoms in total. The Balaban J connectivity index is 2.40. The first-order valence-electron chi connectivity index (χ1n) is 3.86. The van der Waals surface area contributed by atoms with Crippen LogP contribution in [0.5, 0.6) is 0 Å². The molecule has 0 bridgehead atoms. The van der Waals surface area contributed by atoms with E-state index < -0.39 is 6.09 Å². The number of hydrogen-bond acceptors (Lipinski definition) is 3. The van der Waals surface area contributed by atoms with Crippen molar-refractivity contribution in [2.75, 3.05) is 4.90 Å². The summed E-state index contributed by atoms with van der Waals surface area (Å²) in [5, 5.41) is 8.96. The van der Waals surface area contributed by atoms with Crippen LogP contribution in [0, 0.1) is 0 Å². The van der Waals surface area contributed by atoms with Crippen LogP contribution in [0.3, 0.4) is 0 Å². The van der Waals surface area contributed by atoms with Crippen molar-refractivity contribution in [3.8, 4) is 0 Å². The predicted molar refractivity (Wildman–Crippen MR) is 47.6 cm³/mol. The summed E-state index contributed by atoms with van der Waals surface area (Å²) in [7, 11) is 0.